The number of aryl methyl sites for hydroxylation is 2. The van der Waals surface area contributed by atoms with Gasteiger partial charge in [0.15, 0.2) is 11.5 Å². The van der Waals surface area contributed by atoms with Crippen LogP contribution >= 0.6 is 11.6 Å². The number of rotatable bonds is 7. The van der Waals surface area contributed by atoms with Crippen molar-refractivity contribution in [3.8, 4) is 11.5 Å². The first-order valence-corrected chi connectivity index (χ1v) is 9.39. The average Bonchev–Trinajstić information content (AvgIpc) is 2.67. The summed E-state index contributed by atoms with van der Waals surface area (Å²) in [5.41, 5.74) is 4.90. The third kappa shape index (κ3) is 4.76. The molecule has 0 saturated carbocycles. The number of nitrogens with one attached hydrogen (secondary N) is 1. The van der Waals surface area contributed by atoms with Crippen molar-refractivity contribution in [2.45, 2.75) is 27.0 Å². The Morgan fingerprint density at radius 1 is 1.04 bits per heavy atom. The van der Waals surface area contributed by atoms with Gasteiger partial charge in [-0.1, -0.05) is 47.5 Å². The molecule has 3 rings (SSSR count). The molecule has 3 aromatic rings. The molecule has 1 N–H and O–H groups in total. The Morgan fingerprint density at radius 2 is 1.82 bits per heavy atom. The van der Waals surface area contributed by atoms with Crippen molar-refractivity contribution >= 4 is 17.3 Å². The largest absolute Gasteiger partial charge is 0.493 e. The smallest absolute Gasteiger partial charge is 0.180 e. The van der Waals surface area contributed by atoms with Crippen LogP contribution in [0, 0.1) is 19.7 Å². The van der Waals surface area contributed by atoms with Crippen molar-refractivity contribution in [1.29, 1.82) is 0 Å². The second kappa shape index (κ2) is 8.98. The van der Waals surface area contributed by atoms with E-state index < -0.39 is 0 Å². The van der Waals surface area contributed by atoms with Crippen molar-refractivity contribution in [3.05, 3.63) is 87.7 Å². The molecule has 0 aliphatic carbocycles. The highest BCUT2D eigenvalue weighted by atomic mass is 35.5. The Morgan fingerprint density at radius 3 is 2.54 bits per heavy atom. The molecule has 3 aromatic carbocycles. The number of methoxy groups -OCH3 is 1. The summed E-state index contributed by atoms with van der Waals surface area (Å²) < 4.78 is 25.0. The summed E-state index contributed by atoms with van der Waals surface area (Å²) in [6.07, 6.45) is 0. The Kier molecular flexibility index (Phi) is 6.42. The van der Waals surface area contributed by atoms with Crippen molar-refractivity contribution < 1.29 is 13.9 Å². The lowest BCUT2D eigenvalue weighted by atomic mass is 10.1. The first-order valence-electron chi connectivity index (χ1n) is 9.01. The van der Waals surface area contributed by atoms with Gasteiger partial charge in [0.25, 0.3) is 0 Å². The van der Waals surface area contributed by atoms with Crippen LogP contribution in [0.3, 0.4) is 0 Å². The fourth-order valence-corrected chi connectivity index (χ4v) is 3.28. The van der Waals surface area contributed by atoms with Crippen LogP contribution in [0.1, 0.15) is 22.3 Å². The molecule has 0 unspecified atom stereocenters. The summed E-state index contributed by atoms with van der Waals surface area (Å²) in [5, 5.41) is 3.84. The van der Waals surface area contributed by atoms with E-state index in [1.54, 1.807) is 25.3 Å². The van der Waals surface area contributed by atoms with E-state index in [0.717, 1.165) is 11.3 Å². The van der Waals surface area contributed by atoms with E-state index in [2.05, 4.69) is 37.4 Å². The number of benzene rings is 3. The molecule has 146 valence electrons. The highest BCUT2D eigenvalue weighted by Gasteiger charge is 2.13. The second-order valence-corrected chi connectivity index (χ2v) is 7.07. The van der Waals surface area contributed by atoms with Crippen molar-refractivity contribution in [1.82, 2.24) is 0 Å². The van der Waals surface area contributed by atoms with Gasteiger partial charge in [0, 0.05) is 17.8 Å². The van der Waals surface area contributed by atoms with Gasteiger partial charge in [0.2, 0.25) is 0 Å². The summed E-state index contributed by atoms with van der Waals surface area (Å²) in [7, 11) is 1.56. The highest BCUT2D eigenvalue weighted by Crippen LogP contribution is 2.37. The quantitative estimate of drug-likeness (QED) is 0.506. The Labute approximate surface area is 170 Å². The molecule has 0 radical (unpaired) electrons. The first kappa shape index (κ1) is 20.0. The monoisotopic (exact) mass is 399 g/mol. The maximum Gasteiger partial charge on any atom is 0.180 e. The molecule has 0 aromatic heterocycles. The van der Waals surface area contributed by atoms with Crippen molar-refractivity contribution in [2.75, 3.05) is 12.4 Å². The molecule has 28 heavy (non-hydrogen) atoms. The molecule has 0 amide bonds. The summed E-state index contributed by atoms with van der Waals surface area (Å²) in [6.45, 7) is 4.81. The molecule has 0 heterocycles. The summed E-state index contributed by atoms with van der Waals surface area (Å²) in [4.78, 5) is 0. The molecule has 0 bridgehead atoms. The number of halogens is 2. The van der Waals surface area contributed by atoms with Crippen LogP contribution in [0.25, 0.3) is 0 Å². The average molecular weight is 400 g/mol. The minimum absolute atomic E-state index is 0.0723. The van der Waals surface area contributed by atoms with Crippen LogP contribution < -0.4 is 14.8 Å². The van der Waals surface area contributed by atoms with E-state index in [1.807, 2.05) is 12.1 Å². The topological polar surface area (TPSA) is 30.5 Å². The van der Waals surface area contributed by atoms with E-state index in [9.17, 15) is 4.39 Å². The fourth-order valence-electron chi connectivity index (χ4n) is 2.99. The zero-order valence-corrected chi connectivity index (χ0v) is 16.9. The molecule has 0 saturated heterocycles. The van der Waals surface area contributed by atoms with Crippen molar-refractivity contribution in [3.63, 3.8) is 0 Å². The Balaban J connectivity index is 1.74. The minimum atomic E-state index is -0.313. The van der Waals surface area contributed by atoms with Gasteiger partial charge in [-0.15, -0.1) is 0 Å². The SMILES string of the molecule is COc1cc(CNc2ccc(C)cc2C)cc(Cl)c1OCc1ccccc1F. The predicted molar refractivity (Wildman–Crippen MR) is 112 cm³/mol. The lowest BCUT2D eigenvalue weighted by Crippen LogP contribution is -2.04. The van der Waals surface area contributed by atoms with Gasteiger partial charge in [-0.25, -0.2) is 4.39 Å². The standard InChI is InChI=1S/C23H23ClFNO2/c1-15-8-9-21(16(2)10-15)26-13-17-11-19(24)23(22(12-17)27-3)28-14-18-6-4-5-7-20(18)25/h4-12,26H,13-14H2,1-3H3. The van der Waals surface area contributed by atoms with E-state index in [4.69, 9.17) is 21.1 Å². The van der Waals surface area contributed by atoms with Gasteiger partial charge < -0.3 is 14.8 Å². The zero-order chi connectivity index (χ0) is 20.1. The van der Waals surface area contributed by atoms with Gasteiger partial charge in [-0.3, -0.25) is 0 Å². The molecule has 3 nitrogen and oxygen atoms in total. The fraction of sp³-hybridized carbons (Fsp3) is 0.217. The van der Waals surface area contributed by atoms with Crippen LogP contribution in [0.4, 0.5) is 10.1 Å². The lowest BCUT2D eigenvalue weighted by molar-refractivity contribution is 0.280. The minimum Gasteiger partial charge on any atom is -0.493 e. The van der Waals surface area contributed by atoms with Gasteiger partial charge in [0.05, 0.1) is 12.1 Å². The van der Waals surface area contributed by atoms with E-state index in [-0.39, 0.29) is 12.4 Å². The Bertz CT molecular complexity index is 975. The molecule has 0 spiro atoms. The first-order chi connectivity index (χ1) is 13.5. The van der Waals surface area contributed by atoms with E-state index in [1.165, 1.54) is 17.2 Å². The normalized spacial score (nSPS) is 10.6. The van der Waals surface area contributed by atoms with Crippen LogP contribution in [0.5, 0.6) is 11.5 Å². The van der Waals surface area contributed by atoms with Gasteiger partial charge in [0.1, 0.15) is 12.4 Å². The molecule has 0 atom stereocenters. The zero-order valence-electron chi connectivity index (χ0n) is 16.2. The van der Waals surface area contributed by atoms with Crippen LogP contribution in [0.2, 0.25) is 5.02 Å². The van der Waals surface area contributed by atoms with Crippen LogP contribution in [-0.4, -0.2) is 7.11 Å². The lowest BCUT2D eigenvalue weighted by Gasteiger charge is -2.16. The molecule has 0 aliphatic heterocycles. The molecule has 5 heteroatoms. The molecular weight excluding hydrogens is 377 g/mol. The summed E-state index contributed by atoms with van der Waals surface area (Å²) >= 11 is 6.43. The molecular formula is C23H23ClFNO2. The highest BCUT2D eigenvalue weighted by molar-refractivity contribution is 6.32. The van der Waals surface area contributed by atoms with Gasteiger partial charge in [-0.2, -0.15) is 0 Å². The maximum atomic E-state index is 13.8. The molecule has 0 fully saturated rings. The van der Waals surface area contributed by atoms with Gasteiger partial charge >= 0.3 is 0 Å². The second-order valence-electron chi connectivity index (χ2n) is 6.66. The third-order valence-electron chi connectivity index (χ3n) is 4.48. The van der Waals surface area contributed by atoms with Crippen molar-refractivity contribution in [2.24, 2.45) is 0 Å². The number of hydrogen-bond acceptors (Lipinski definition) is 3. The molecule has 0 aliphatic rings. The summed E-state index contributed by atoms with van der Waals surface area (Å²) in [6, 6.07) is 16.5. The van der Waals surface area contributed by atoms with E-state index >= 15 is 0 Å². The third-order valence-corrected chi connectivity index (χ3v) is 4.76. The number of hydrogen-bond donors (Lipinski definition) is 1. The predicted octanol–water partition coefficient (Wildman–Crippen LogP) is 6.30. The van der Waals surface area contributed by atoms with E-state index in [0.29, 0.717) is 28.6 Å². The number of ether oxygens (including phenoxy) is 2. The van der Waals surface area contributed by atoms with Crippen LogP contribution in [-0.2, 0) is 13.2 Å². The Hall–Kier alpha value is -2.72. The maximum absolute atomic E-state index is 13.8. The number of anilines is 1. The van der Waals surface area contributed by atoms with Crippen LogP contribution in [0.15, 0.2) is 54.6 Å². The van der Waals surface area contributed by atoms with Gasteiger partial charge in [-0.05, 0) is 49.2 Å². The summed E-state index contributed by atoms with van der Waals surface area (Å²) in [5.74, 6) is 0.607.